The summed E-state index contributed by atoms with van der Waals surface area (Å²) in [7, 11) is 0. The van der Waals surface area contributed by atoms with E-state index in [0.29, 0.717) is 17.7 Å². The zero-order valence-electron chi connectivity index (χ0n) is 13.5. The van der Waals surface area contributed by atoms with Gasteiger partial charge in [-0.05, 0) is 48.4 Å². The van der Waals surface area contributed by atoms with Crippen molar-refractivity contribution >= 4 is 38.9 Å². The molecule has 144 valence electrons. The van der Waals surface area contributed by atoms with Crippen molar-refractivity contribution in [2.24, 2.45) is 0 Å². The maximum absolute atomic E-state index is 13.4. The Kier molecular flexibility index (Phi) is 6.11. The Balaban J connectivity index is 2.59. The number of allylic oxidation sites excluding steroid dienone is 2. The van der Waals surface area contributed by atoms with E-state index in [1.165, 1.54) is 18.2 Å². The molecule has 0 unspecified atom stereocenters. The molecule has 0 saturated carbocycles. The summed E-state index contributed by atoms with van der Waals surface area (Å²) in [6.07, 6.45) is -9.62. The van der Waals surface area contributed by atoms with Gasteiger partial charge in [0.2, 0.25) is 0 Å². The molecule has 0 heterocycles. The number of ketones is 1. The molecule has 0 bridgehead atoms. The Hall–Kier alpha value is -1.80. The zero-order chi connectivity index (χ0) is 20.6. The average molecular weight is 472 g/mol. The van der Waals surface area contributed by atoms with Crippen molar-refractivity contribution in [2.45, 2.75) is 19.3 Å². The molecule has 0 radical (unpaired) electrons. The van der Waals surface area contributed by atoms with Crippen LogP contribution in [-0.4, -0.2) is 12.0 Å². The Labute approximate surface area is 163 Å². The van der Waals surface area contributed by atoms with Gasteiger partial charge in [-0.1, -0.05) is 39.7 Å². The van der Waals surface area contributed by atoms with Crippen LogP contribution in [0.15, 0.2) is 46.9 Å². The molecule has 1 nitrogen and oxygen atoms in total. The highest BCUT2D eigenvalue weighted by molar-refractivity contribution is 9.10. The van der Waals surface area contributed by atoms with Gasteiger partial charge in [-0.15, -0.1) is 0 Å². The number of carbonyl (C=O) groups is 1. The summed E-state index contributed by atoms with van der Waals surface area (Å²) in [4.78, 5) is 12.2. The van der Waals surface area contributed by atoms with Crippen LogP contribution < -0.4 is 0 Å². The van der Waals surface area contributed by atoms with Gasteiger partial charge in [0.05, 0.1) is 11.1 Å². The normalized spacial score (nSPS) is 13.0. The van der Waals surface area contributed by atoms with E-state index in [4.69, 9.17) is 11.6 Å². The summed E-state index contributed by atoms with van der Waals surface area (Å²) in [6, 6.07) is 5.81. The number of hydrogen-bond donors (Lipinski definition) is 0. The second kappa shape index (κ2) is 7.67. The van der Waals surface area contributed by atoms with E-state index < -0.39 is 34.8 Å². The van der Waals surface area contributed by atoms with E-state index in [0.717, 1.165) is 6.07 Å². The molecule has 0 saturated heterocycles. The van der Waals surface area contributed by atoms with Gasteiger partial charge >= 0.3 is 12.4 Å². The largest absolute Gasteiger partial charge is 0.417 e. The standard InChI is InChI=1S/C18H10BrClF6O/c1-9-2-3-10(6-15(9)20)16(27)8-14(18(24,25)26)11-4-12(17(21,22)23)7-13(19)5-11/h2-8H,1H3/b14-8+. The van der Waals surface area contributed by atoms with Crippen LogP contribution >= 0.6 is 27.5 Å². The van der Waals surface area contributed by atoms with Crippen molar-refractivity contribution in [1.82, 2.24) is 0 Å². The SMILES string of the molecule is Cc1ccc(C(=O)/C=C(\c2cc(Br)cc(C(F)(F)F)c2)C(F)(F)F)cc1Cl. The number of halogens is 8. The third-order valence-electron chi connectivity index (χ3n) is 3.57. The maximum atomic E-state index is 13.4. The summed E-state index contributed by atoms with van der Waals surface area (Å²) in [6.45, 7) is 1.65. The van der Waals surface area contributed by atoms with Crippen LogP contribution in [0.1, 0.15) is 27.0 Å². The molecule has 2 aromatic rings. The van der Waals surface area contributed by atoms with Crippen molar-refractivity contribution < 1.29 is 31.1 Å². The van der Waals surface area contributed by atoms with Crippen molar-refractivity contribution in [2.75, 3.05) is 0 Å². The van der Waals surface area contributed by atoms with E-state index in [-0.39, 0.29) is 21.1 Å². The predicted molar refractivity (Wildman–Crippen MR) is 93.7 cm³/mol. The summed E-state index contributed by atoms with van der Waals surface area (Å²) in [5, 5.41) is 0.185. The lowest BCUT2D eigenvalue weighted by atomic mass is 9.99. The van der Waals surface area contributed by atoms with Gasteiger partial charge in [0, 0.05) is 15.1 Å². The number of alkyl halides is 6. The van der Waals surface area contributed by atoms with Crippen molar-refractivity contribution in [3.63, 3.8) is 0 Å². The molecule has 2 rings (SSSR count). The smallest absolute Gasteiger partial charge is 0.289 e. The third-order valence-corrected chi connectivity index (χ3v) is 4.44. The highest BCUT2D eigenvalue weighted by Gasteiger charge is 2.38. The zero-order valence-corrected chi connectivity index (χ0v) is 15.8. The fourth-order valence-electron chi connectivity index (χ4n) is 2.20. The summed E-state index contributed by atoms with van der Waals surface area (Å²) in [5.74, 6) is -1.03. The minimum atomic E-state index is -5.05. The first-order valence-electron chi connectivity index (χ1n) is 7.26. The van der Waals surface area contributed by atoms with Gasteiger partial charge < -0.3 is 0 Å². The quantitative estimate of drug-likeness (QED) is 0.262. The molecule has 2 aromatic carbocycles. The Morgan fingerprint density at radius 2 is 1.63 bits per heavy atom. The lowest BCUT2D eigenvalue weighted by molar-refractivity contribution is -0.137. The molecular formula is C18H10BrClF6O. The molecule has 0 aliphatic rings. The Bertz CT molecular complexity index is 915. The van der Waals surface area contributed by atoms with Gasteiger partial charge in [0.25, 0.3) is 0 Å². The number of benzene rings is 2. The number of hydrogen-bond acceptors (Lipinski definition) is 1. The van der Waals surface area contributed by atoms with Crippen LogP contribution in [0.4, 0.5) is 26.3 Å². The first-order chi connectivity index (χ1) is 12.3. The van der Waals surface area contributed by atoms with Gasteiger partial charge in [0.1, 0.15) is 0 Å². The van der Waals surface area contributed by atoms with Crippen molar-refractivity contribution in [1.29, 1.82) is 0 Å². The maximum Gasteiger partial charge on any atom is 0.417 e. The summed E-state index contributed by atoms with van der Waals surface area (Å²) >= 11 is 8.64. The number of carbonyl (C=O) groups excluding carboxylic acids is 1. The summed E-state index contributed by atoms with van der Waals surface area (Å²) < 4.78 is 78.9. The molecule has 0 amide bonds. The second-order valence-corrected chi connectivity index (χ2v) is 6.93. The van der Waals surface area contributed by atoms with Gasteiger partial charge in [-0.3, -0.25) is 4.79 Å². The van der Waals surface area contributed by atoms with Crippen LogP contribution in [0.25, 0.3) is 5.57 Å². The van der Waals surface area contributed by atoms with Crippen molar-refractivity contribution in [3.05, 3.63) is 74.2 Å². The molecule has 0 aromatic heterocycles. The minimum absolute atomic E-state index is 0.113. The minimum Gasteiger partial charge on any atom is -0.289 e. The molecular weight excluding hydrogens is 462 g/mol. The lowest BCUT2D eigenvalue weighted by Gasteiger charge is -2.15. The fourth-order valence-corrected chi connectivity index (χ4v) is 2.87. The average Bonchev–Trinajstić information content (AvgIpc) is 2.52. The molecule has 0 N–H and O–H groups in total. The van der Waals surface area contributed by atoms with E-state index >= 15 is 0 Å². The topological polar surface area (TPSA) is 17.1 Å². The third kappa shape index (κ3) is 5.35. The van der Waals surface area contributed by atoms with Crippen LogP contribution in [0.2, 0.25) is 5.02 Å². The van der Waals surface area contributed by atoms with E-state index in [1.807, 2.05) is 0 Å². The molecule has 0 aliphatic carbocycles. The molecule has 9 heteroatoms. The molecule has 0 spiro atoms. The van der Waals surface area contributed by atoms with E-state index in [1.54, 1.807) is 6.92 Å². The number of aryl methyl sites for hydroxylation is 1. The highest BCUT2D eigenvalue weighted by atomic mass is 79.9. The van der Waals surface area contributed by atoms with Crippen LogP contribution in [0, 0.1) is 6.92 Å². The van der Waals surface area contributed by atoms with Gasteiger partial charge in [-0.25, -0.2) is 0 Å². The molecule has 0 fully saturated rings. The first kappa shape index (κ1) is 21.5. The fraction of sp³-hybridized carbons (Fsp3) is 0.167. The van der Waals surface area contributed by atoms with Crippen LogP contribution in [0.3, 0.4) is 0 Å². The first-order valence-corrected chi connectivity index (χ1v) is 8.43. The number of rotatable bonds is 3. The lowest BCUT2D eigenvalue weighted by Crippen LogP contribution is -2.14. The van der Waals surface area contributed by atoms with E-state index in [2.05, 4.69) is 15.9 Å². The molecule has 0 atom stereocenters. The Morgan fingerprint density at radius 1 is 1.00 bits per heavy atom. The molecule has 27 heavy (non-hydrogen) atoms. The van der Waals surface area contributed by atoms with Gasteiger partial charge in [0.15, 0.2) is 5.78 Å². The Morgan fingerprint density at radius 3 is 2.15 bits per heavy atom. The highest BCUT2D eigenvalue weighted by Crippen LogP contribution is 2.39. The molecule has 0 aliphatic heterocycles. The van der Waals surface area contributed by atoms with Gasteiger partial charge in [-0.2, -0.15) is 26.3 Å². The summed E-state index contributed by atoms with van der Waals surface area (Å²) in [5.41, 5.74) is -3.03. The predicted octanol–water partition coefficient (Wildman–Crippen LogP) is 7.26. The monoisotopic (exact) mass is 470 g/mol. The van der Waals surface area contributed by atoms with E-state index in [9.17, 15) is 31.1 Å². The van der Waals surface area contributed by atoms with Crippen molar-refractivity contribution in [3.8, 4) is 0 Å². The van der Waals surface area contributed by atoms with Crippen LogP contribution in [0.5, 0.6) is 0 Å². The van der Waals surface area contributed by atoms with Crippen LogP contribution in [-0.2, 0) is 6.18 Å². The second-order valence-electron chi connectivity index (χ2n) is 5.61.